The van der Waals surface area contributed by atoms with Crippen molar-refractivity contribution < 1.29 is 23.9 Å². The van der Waals surface area contributed by atoms with E-state index >= 15 is 0 Å². The van der Waals surface area contributed by atoms with E-state index in [0.29, 0.717) is 0 Å². The largest absolute Gasteiger partial charge is 0.475 e. The molecule has 0 aliphatic rings. The lowest BCUT2D eigenvalue weighted by atomic mass is 10.3. The molecule has 1 aromatic rings. The molecule has 0 saturated carbocycles. The summed E-state index contributed by atoms with van der Waals surface area (Å²) in [4.78, 5) is 20.7. The summed E-state index contributed by atoms with van der Waals surface area (Å²) in [5.74, 6) is -0.541. The summed E-state index contributed by atoms with van der Waals surface area (Å²) in [6.45, 7) is 3.65. The van der Waals surface area contributed by atoms with Gasteiger partial charge in [-0.05, 0) is 6.07 Å². The van der Waals surface area contributed by atoms with Gasteiger partial charge in [0, 0.05) is 20.3 Å². The second-order valence-electron chi connectivity index (χ2n) is 3.00. The first-order valence-electron chi connectivity index (χ1n) is 5.90. The molecule has 0 aromatic heterocycles. The van der Waals surface area contributed by atoms with Gasteiger partial charge in [0.2, 0.25) is 0 Å². The maximum Gasteiger partial charge on any atom is 0.343 e. The number of nitro benzene ring substituents is 1. The van der Waals surface area contributed by atoms with Crippen LogP contribution in [-0.4, -0.2) is 38.8 Å². The molecule has 7 heteroatoms. The number of ether oxygens (including phenoxy) is 3. The molecule has 20 heavy (non-hydrogen) atoms. The van der Waals surface area contributed by atoms with E-state index < -0.39 is 10.9 Å². The summed E-state index contributed by atoms with van der Waals surface area (Å²) in [6.07, 6.45) is 0. The van der Waals surface area contributed by atoms with E-state index in [0.717, 1.165) is 0 Å². The van der Waals surface area contributed by atoms with Crippen LogP contribution in [0, 0.1) is 10.1 Å². The number of para-hydroxylation sites is 2. The van der Waals surface area contributed by atoms with Crippen LogP contribution < -0.4 is 4.74 Å². The Labute approximate surface area is 118 Å². The fourth-order valence-corrected chi connectivity index (χ4v) is 0.926. The number of nitrogens with zero attached hydrogens (tertiary/aromatic N) is 1. The first-order chi connectivity index (χ1) is 9.56. The molecule has 0 radical (unpaired) electrons. The van der Waals surface area contributed by atoms with Gasteiger partial charge in [-0.3, -0.25) is 10.1 Å². The van der Waals surface area contributed by atoms with Gasteiger partial charge in [-0.2, -0.15) is 0 Å². The monoisotopic (exact) mass is 287 g/mol. The van der Waals surface area contributed by atoms with Gasteiger partial charge in [0.15, 0.2) is 12.4 Å². The predicted molar refractivity (Wildman–Crippen MR) is 74.9 cm³/mol. The third kappa shape index (κ3) is 8.87. The van der Waals surface area contributed by atoms with Gasteiger partial charge in [0.25, 0.3) is 0 Å². The second kappa shape index (κ2) is 13.3. The lowest BCUT2D eigenvalue weighted by Gasteiger charge is -2.04. The lowest BCUT2D eigenvalue weighted by Crippen LogP contribution is -2.13. The maximum atomic E-state index is 10.7. The average Bonchev–Trinajstić information content (AvgIpc) is 2.47. The topological polar surface area (TPSA) is 87.9 Å². The van der Waals surface area contributed by atoms with E-state index in [9.17, 15) is 14.9 Å². The van der Waals surface area contributed by atoms with Gasteiger partial charge in [-0.25, -0.2) is 4.79 Å². The van der Waals surface area contributed by atoms with Gasteiger partial charge in [0.1, 0.15) is 0 Å². The highest BCUT2D eigenvalue weighted by Gasteiger charge is 2.14. The molecule has 114 valence electrons. The van der Waals surface area contributed by atoms with Crippen molar-refractivity contribution in [1.29, 1.82) is 0 Å². The molecule has 0 fully saturated rings. The molecule has 1 rings (SSSR count). The highest BCUT2D eigenvalue weighted by Crippen LogP contribution is 2.25. The quantitative estimate of drug-likeness (QED) is 0.480. The highest BCUT2D eigenvalue weighted by atomic mass is 16.6. The Bertz CT molecular complexity index is 394. The summed E-state index contributed by atoms with van der Waals surface area (Å²) in [7, 11) is 4.46. The third-order valence-corrected chi connectivity index (χ3v) is 1.64. The molecule has 0 amide bonds. The van der Waals surface area contributed by atoms with E-state index in [-0.39, 0.29) is 18.0 Å². The molecule has 0 atom stereocenters. The van der Waals surface area contributed by atoms with Gasteiger partial charge < -0.3 is 14.2 Å². The molecule has 0 aliphatic heterocycles. The average molecular weight is 287 g/mol. The molecule has 0 unspecified atom stereocenters. The Morgan fingerprint density at radius 1 is 1.20 bits per heavy atom. The molecule has 0 heterocycles. The van der Waals surface area contributed by atoms with E-state index in [4.69, 9.17) is 4.74 Å². The van der Waals surface area contributed by atoms with Crippen molar-refractivity contribution in [2.24, 2.45) is 0 Å². The van der Waals surface area contributed by atoms with Crippen molar-refractivity contribution in [3.63, 3.8) is 0 Å². The van der Waals surface area contributed by atoms with Crippen LogP contribution in [0.15, 0.2) is 24.3 Å². The molecule has 7 nitrogen and oxygen atoms in total. The zero-order valence-corrected chi connectivity index (χ0v) is 12.4. The van der Waals surface area contributed by atoms with Crippen LogP contribution in [0.25, 0.3) is 0 Å². The SMILES string of the molecule is CC.COC.COC(=O)COc1ccccc1[N+](=O)[O-]. The molecular formula is C13H21NO6. The van der Waals surface area contributed by atoms with E-state index in [2.05, 4.69) is 9.47 Å². The standard InChI is InChI=1S/C9H9NO5.C2H6O.C2H6/c1-14-9(11)6-15-8-5-3-2-4-7(8)10(12)13;1-3-2;1-2/h2-5H,6H2,1H3;1-2H3;1-2H3. The van der Waals surface area contributed by atoms with Crippen LogP contribution in [0.3, 0.4) is 0 Å². The first kappa shape index (κ1) is 20.2. The van der Waals surface area contributed by atoms with Crippen molar-refractivity contribution >= 4 is 11.7 Å². The van der Waals surface area contributed by atoms with E-state index in [1.165, 1.54) is 25.3 Å². The van der Waals surface area contributed by atoms with E-state index in [1.807, 2.05) is 13.8 Å². The number of carbonyl (C=O) groups is 1. The van der Waals surface area contributed by atoms with Crippen molar-refractivity contribution in [3.05, 3.63) is 34.4 Å². The molecule has 1 aromatic carbocycles. The Balaban J connectivity index is 0. The normalized spacial score (nSPS) is 8.25. The highest BCUT2D eigenvalue weighted by molar-refractivity contribution is 5.71. The molecule has 0 spiro atoms. The number of carbonyl (C=O) groups excluding carboxylic acids is 1. The minimum absolute atomic E-state index is 0.0490. The lowest BCUT2D eigenvalue weighted by molar-refractivity contribution is -0.385. The minimum Gasteiger partial charge on any atom is -0.475 e. The Hall–Kier alpha value is -2.15. The first-order valence-corrected chi connectivity index (χ1v) is 5.90. The summed E-state index contributed by atoms with van der Waals surface area (Å²) in [5.41, 5.74) is -0.179. The number of nitro groups is 1. The van der Waals surface area contributed by atoms with Crippen LogP contribution in [-0.2, 0) is 14.3 Å². The number of methoxy groups -OCH3 is 2. The Kier molecular flexibility index (Phi) is 13.4. The summed E-state index contributed by atoms with van der Waals surface area (Å²) < 4.78 is 13.5. The molecule has 0 saturated heterocycles. The number of hydrogen-bond donors (Lipinski definition) is 0. The van der Waals surface area contributed by atoms with Crippen LogP contribution in [0.4, 0.5) is 5.69 Å². The van der Waals surface area contributed by atoms with Crippen LogP contribution >= 0.6 is 0 Å². The maximum absolute atomic E-state index is 10.7. The predicted octanol–water partition coefficient (Wildman–Crippen LogP) is 2.44. The number of esters is 1. The Morgan fingerprint density at radius 3 is 2.15 bits per heavy atom. The van der Waals surface area contributed by atoms with Gasteiger partial charge >= 0.3 is 11.7 Å². The fourth-order valence-electron chi connectivity index (χ4n) is 0.926. The molecule has 0 aliphatic carbocycles. The van der Waals surface area contributed by atoms with Crippen LogP contribution in [0.2, 0.25) is 0 Å². The minimum atomic E-state index is -0.590. The molecule has 0 bridgehead atoms. The summed E-state index contributed by atoms with van der Waals surface area (Å²) in [6, 6.07) is 5.82. The van der Waals surface area contributed by atoms with Crippen LogP contribution in [0.1, 0.15) is 13.8 Å². The number of rotatable bonds is 4. The van der Waals surface area contributed by atoms with Gasteiger partial charge in [-0.15, -0.1) is 0 Å². The van der Waals surface area contributed by atoms with Crippen molar-refractivity contribution in [1.82, 2.24) is 0 Å². The second-order valence-corrected chi connectivity index (χ2v) is 3.00. The zero-order valence-electron chi connectivity index (χ0n) is 12.4. The molecular weight excluding hydrogens is 266 g/mol. The van der Waals surface area contributed by atoms with Gasteiger partial charge in [0.05, 0.1) is 12.0 Å². The van der Waals surface area contributed by atoms with E-state index in [1.54, 1.807) is 20.3 Å². The third-order valence-electron chi connectivity index (χ3n) is 1.64. The smallest absolute Gasteiger partial charge is 0.343 e. The summed E-state index contributed by atoms with van der Waals surface area (Å²) >= 11 is 0. The molecule has 0 N–H and O–H groups in total. The number of benzene rings is 1. The fraction of sp³-hybridized carbons (Fsp3) is 0.462. The van der Waals surface area contributed by atoms with Gasteiger partial charge in [-0.1, -0.05) is 26.0 Å². The zero-order chi connectivity index (χ0) is 16.0. The van der Waals surface area contributed by atoms with Crippen molar-refractivity contribution in [2.75, 3.05) is 27.9 Å². The van der Waals surface area contributed by atoms with Crippen LogP contribution in [0.5, 0.6) is 5.75 Å². The van der Waals surface area contributed by atoms with Crippen molar-refractivity contribution in [2.45, 2.75) is 13.8 Å². The number of hydrogen-bond acceptors (Lipinski definition) is 6. The van der Waals surface area contributed by atoms with Crippen molar-refractivity contribution in [3.8, 4) is 5.75 Å². The Morgan fingerprint density at radius 2 is 1.70 bits per heavy atom. The summed E-state index contributed by atoms with van der Waals surface area (Å²) in [5, 5.41) is 10.5.